The van der Waals surface area contributed by atoms with E-state index in [1.807, 2.05) is 12.1 Å². The van der Waals surface area contributed by atoms with Gasteiger partial charge in [-0.05, 0) is 54.8 Å². The highest BCUT2D eigenvalue weighted by molar-refractivity contribution is 14.0. The Morgan fingerprint density at radius 3 is 2.29 bits per heavy atom. The molecule has 0 radical (unpaired) electrons. The average Bonchev–Trinajstić information content (AvgIpc) is 2.95. The number of amidine groups is 1. The van der Waals surface area contributed by atoms with Gasteiger partial charge in [0.1, 0.15) is 5.84 Å². The predicted molar refractivity (Wildman–Crippen MR) is 165 cm³/mol. The van der Waals surface area contributed by atoms with Gasteiger partial charge in [-0.1, -0.05) is 54.6 Å². The van der Waals surface area contributed by atoms with Gasteiger partial charge in [0.25, 0.3) is 5.91 Å². The lowest BCUT2D eigenvalue weighted by Gasteiger charge is -2.41. The highest BCUT2D eigenvalue weighted by atomic mass is 127. The normalized spacial score (nSPS) is 20.3. The summed E-state index contributed by atoms with van der Waals surface area (Å²) in [4.78, 5) is 37.9. The molecule has 0 spiro atoms. The van der Waals surface area contributed by atoms with E-state index in [4.69, 9.17) is 16.9 Å². The smallest absolute Gasteiger partial charge is 0.332 e. The van der Waals surface area contributed by atoms with E-state index in [0.29, 0.717) is 30.3 Å². The molecular formula is C28H32IN5O6S. The van der Waals surface area contributed by atoms with Crippen molar-refractivity contribution in [1.82, 2.24) is 10.6 Å². The van der Waals surface area contributed by atoms with Crippen molar-refractivity contribution in [3.63, 3.8) is 0 Å². The quantitative estimate of drug-likeness (QED) is 0.0881. The summed E-state index contributed by atoms with van der Waals surface area (Å²) in [6.07, 6.45) is 1.07. The number of carbonyl (C=O) groups excluding carboxylic acids is 2. The van der Waals surface area contributed by atoms with Crippen molar-refractivity contribution in [2.24, 2.45) is 11.5 Å². The van der Waals surface area contributed by atoms with Gasteiger partial charge in [0.2, 0.25) is 9.84 Å². The standard InChI is InChI=1S/C28H31N5O6S.HI/c1-16(29)23(34)28(27(36)37)22(7-4-14-32-28)18-8-10-19(11-9-18)24(30)33-26(35)25(31)40(38,39)21-13-12-17-5-2-3-6-20(17)15-21;/h2-3,5-6,8-13,15-16,22,25,32H,4,7,14,29,31H2,1H3,(H,36,37)(H2,30,33,35);1H/t16-,22?,25?,28?;/m0./s1. The van der Waals surface area contributed by atoms with Crippen LogP contribution in [0.15, 0.2) is 71.6 Å². The van der Waals surface area contributed by atoms with E-state index in [9.17, 15) is 27.9 Å². The molecule has 0 aliphatic carbocycles. The molecule has 1 aliphatic rings. The minimum atomic E-state index is -4.25. The van der Waals surface area contributed by atoms with E-state index in [1.165, 1.54) is 31.2 Å². The first-order chi connectivity index (χ1) is 18.9. The molecule has 1 heterocycles. The topological polar surface area (TPSA) is 206 Å². The third-order valence-electron chi connectivity index (χ3n) is 7.23. The molecule has 218 valence electrons. The van der Waals surface area contributed by atoms with Crippen molar-refractivity contribution in [3.05, 3.63) is 77.9 Å². The third-order valence-corrected chi connectivity index (χ3v) is 9.02. The van der Waals surface area contributed by atoms with Crippen molar-refractivity contribution in [2.45, 2.75) is 47.5 Å². The van der Waals surface area contributed by atoms with E-state index in [1.54, 1.807) is 30.3 Å². The maximum absolute atomic E-state index is 13.0. The maximum Gasteiger partial charge on any atom is 0.332 e. The molecule has 4 atom stereocenters. The van der Waals surface area contributed by atoms with Crippen LogP contribution in [0.1, 0.15) is 36.8 Å². The number of benzene rings is 3. The number of halogens is 1. The number of Topliss-reactive ketones (excluding diaryl/α,β-unsaturated/α-hetero) is 1. The van der Waals surface area contributed by atoms with Crippen molar-refractivity contribution in [3.8, 4) is 0 Å². The Balaban J connectivity index is 0.00000462. The van der Waals surface area contributed by atoms with Crippen LogP contribution in [0, 0.1) is 5.41 Å². The van der Waals surface area contributed by atoms with Gasteiger partial charge >= 0.3 is 5.97 Å². The number of hydrogen-bond acceptors (Lipinski definition) is 9. The first-order valence-electron chi connectivity index (χ1n) is 12.7. The van der Waals surface area contributed by atoms with Crippen LogP contribution in [0.3, 0.4) is 0 Å². The van der Waals surface area contributed by atoms with Crippen molar-refractivity contribution in [2.75, 3.05) is 6.54 Å². The second kappa shape index (κ2) is 12.7. The summed E-state index contributed by atoms with van der Waals surface area (Å²) in [5.41, 5.74) is 10.5. The predicted octanol–water partition coefficient (Wildman–Crippen LogP) is 1.86. The van der Waals surface area contributed by atoms with E-state index in [-0.39, 0.29) is 34.4 Å². The van der Waals surface area contributed by atoms with Crippen LogP contribution in [0.25, 0.3) is 10.8 Å². The fraction of sp³-hybridized carbons (Fsp3) is 0.286. The number of fused-ring (bicyclic) bond motifs is 1. The molecule has 0 aromatic heterocycles. The minimum absolute atomic E-state index is 0. The molecule has 1 fully saturated rings. The number of piperidine rings is 1. The first-order valence-corrected chi connectivity index (χ1v) is 14.2. The molecule has 0 bridgehead atoms. The minimum Gasteiger partial charge on any atom is -0.480 e. The summed E-state index contributed by atoms with van der Waals surface area (Å²) in [6, 6.07) is 16.7. The van der Waals surface area contributed by atoms with Crippen LogP contribution >= 0.6 is 24.0 Å². The van der Waals surface area contributed by atoms with Gasteiger partial charge < -0.3 is 21.9 Å². The summed E-state index contributed by atoms with van der Waals surface area (Å²) in [6.45, 7) is 1.79. The average molecular weight is 694 g/mol. The SMILES string of the molecule is C[C@H](N)C(=O)C1(C(=O)O)NCCCC1c1ccc(C(=N)NC(=O)C(N)S(=O)(=O)c2ccc3ccccc3c2)cc1.I. The molecule has 4 rings (SSSR count). The molecule has 13 heteroatoms. The number of carboxylic acids is 1. The van der Waals surface area contributed by atoms with Crippen LogP contribution in [-0.2, 0) is 24.2 Å². The van der Waals surface area contributed by atoms with Gasteiger partial charge in [-0.3, -0.25) is 20.3 Å². The van der Waals surface area contributed by atoms with Gasteiger partial charge in [-0.25, -0.2) is 13.2 Å². The van der Waals surface area contributed by atoms with Gasteiger partial charge in [0.05, 0.1) is 10.9 Å². The molecule has 3 unspecified atom stereocenters. The number of sulfone groups is 1. The van der Waals surface area contributed by atoms with Crippen molar-refractivity contribution >= 4 is 68.1 Å². The largest absolute Gasteiger partial charge is 0.480 e. The lowest BCUT2D eigenvalue weighted by atomic mass is 9.70. The zero-order valence-corrected chi connectivity index (χ0v) is 25.3. The molecule has 3 aromatic rings. The highest BCUT2D eigenvalue weighted by Gasteiger charge is 2.54. The summed E-state index contributed by atoms with van der Waals surface area (Å²) in [5, 5.41) is 23.0. The summed E-state index contributed by atoms with van der Waals surface area (Å²) < 4.78 is 26.1. The number of nitrogens with two attached hydrogens (primary N) is 2. The monoisotopic (exact) mass is 693 g/mol. The number of ketones is 1. The lowest BCUT2D eigenvalue weighted by molar-refractivity contribution is -0.153. The Labute approximate surface area is 254 Å². The Hall–Kier alpha value is -3.24. The molecule has 1 amide bonds. The summed E-state index contributed by atoms with van der Waals surface area (Å²) in [5.74, 6) is -4.12. The molecule has 41 heavy (non-hydrogen) atoms. The van der Waals surface area contributed by atoms with Gasteiger partial charge in [0, 0.05) is 11.5 Å². The second-order valence-corrected chi connectivity index (χ2v) is 11.9. The summed E-state index contributed by atoms with van der Waals surface area (Å²) in [7, 11) is -4.25. The number of nitrogens with one attached hydrogen (secondary N) is 3. The molecule has 0 saturated carbocycles. The van der Waals surface area contributed by atoms with Crippen LogP contribution in [-0.4, -0.2) is 60.5 Å². The molecule has 1 saturated heterocycles. The van der Waals surface area contributed by atoms with Gasteiger partial charge in [-0.15, -0.1) is 24.0 Å². The van der Waals surface area contributed by atoms with Crippen molar-refractivity contribution < 1.29 is 27.9 Å². The zero-order valence-electron chi connectivity index (χ0n) is 22.2. The Kier molecular flexibility index (Phi) is 10.0. The number of hydrogen-bond donors (Lipinski definition) is 6. The Bertz CT molecular complexity index is 1600. The highest BCUT2D eigenvalue weighted by Crippen LogP contribution is 2.37. The zero-order chi connectivity index (χ0) is 29.2. The lowest BCUT2D eigenvalue weighted by Crippen LogP contribution is -2.67. The van der Waals surface area contributed by atoms with E-state index in [2.05, 4.69) is 10.6 Å². The van der Waals surface area contributed by atoms with E-state index in [0.717, 1.165) is 5.39 Å². The number of carbonyl (C=O) groups is 3. The number of aliphatic carboxylic acids is 1. The van der Waals surface area contributed by atoms with Gasteiger partial charge in [0.15, 0.2) is 16.7 Å². The summed E-state index contributed by atoms with van der Waals surface area (Å²) >= 11 is 0. The van der Waals surface area contributed by atoms with Crippen LogP contribution < -0.4 is 22.1 Å². The first kappa shape index (κ1) is 32.3. The van der Waals surface area contributed by atoms with Crippen molar-refractivity contribution in [1.29, 1.82) is 5.41 Å². The molecule has 3 aromatic carbocycles. The van der Waals surface area contributed by atoms with Crippen LogP contribution in [0.5, 0.6) is 0 Å². The molecule has 11 nitrogen and oxygen atoms in total. The molecular weight excluding hydrogens is 661 g/mol. The molecule has 8 N–H and O–H groups in total. The Morgan fingerprint density at radius 1 is 1.05 bits per heavy atom. The molecule has 1 aliphatic heterocycles. The fourth-order valence-electron chi connectivity index (χ4n) is 5.08. The number of carboxylic acid groups (broad SMARTS) is 1. The number of amides is 1. The maximum atomic E-state index is 13.0. The van der Waals surface area contributed by atoms with E-state index < -0.39 is 56.2 Å². The second-order valence-electron chi connectivity index (χ2n) is 9.85. The Morgan fingerprint density at radius 2 is 1.68 bits per heavy atom. The fourth-order valence-corrected chi connectivity index (χ4v) is 6.26. The van der Waals surface area contributed by atoms with Gasteiger partial charge in [-0.2, -0.15) is 0 Å². The van der Waals surface area contributed by atoms with E-state index >= 15 is 0 Å². The number of rotatable bonds is 8. The third kappa shape index (κ3) is 6.18. The van der Waals surface area contributed by atoms with Crippen LogP contribution in [0.2, 0.25) is 0 Å². The van der Waals surface area contributed by atoms with Crippen LogP contribution in [0.4, 0.5) is 0 Å².